The van der Waals surface area contributed by atoms with E-state index in [1.54, 1.807) is 7.05 Å². The highest BCUT2D eigenvalue weighted by molar-refractivity contribution is 5.74. The van der Waals surface area contributed by atoms with E-state index in [1.165, 1.54) is 0 Å². The van der Waals surface area contributed by atoms with Gasteiger partial charge in [-0.15, -0.1) is 0 Å². The summed E-state index contributed by atoms with van der Waals surface area (Å²) >= 11 is 0. The van der Waals surface area contributed by atoms with Gasteiger partial charge >= 0.3 is 6.03 Å². The van der Waals surface area contributed by atoms with Crippen LogP contribution in [-0.4, -0.2) is 30.8 Å². The number of amides is 2. The zero-order chi connectivity index (χ0) is 8.97. The minimum atomic E-state index is -0.178. The van der Waals surface area contributed by atoms with Gasteiger partial charge in [0.1, 0.15) is 0 Å². The highest BCUT2D eigenvalue weighted by Crippen LogP contribution is 2.16. The van der Waals surface area contributed by atoms with Gasteiger partial charge in [-0.25, -0.2) is 4.79 Å². The van der Waals surface area contributed by atoms with Gasteiger partial charge in [0.05, 0.1) is 0 Å². The number of nitrogens with one attached hydrogen (secondary N) is 2. The Morgan fingerprint density at radius 2 is 2.42 bits per heavy atom. The number of hydrogen-bond donors (Lipinski definition) is 3. The fourth-order valence-corrected chi connectivity index (χ4v) is 1.26. The maximum Gasteiger partial charge on any atom is 0.314 e. The number of aliphatic hydroxyl groups is 1. The molecule has 12 heavy (non-hydrogen) atoms. The smallest absolute Gasteiger partial charge is 0.314 e. The minimum Gasteiger partial charge on any atom is -0.396 e. The summed E-state index contributed by atoms with van der Waals surface area (Å²) in [6.45, 7) is 0.155. The average Bonchev–Trinajstić information content (AvgIpc) is 2.52. The molecular weight excluding hydrogens is 156 g/mol. The van der Waals surface area contributed by atoms with Crippen LogP contribution in [0.15, 0.2) is 12.2 Å². The van der Waals surface area contributed by atoms with Crippen LogP contribution in [-0.2, 0) is 0 Å². The summed E-state index contributed by atoms with van der Waals surface area (Å²) in [5.74, 6) is 0.201. The molecule has 0 bridgehead atoms. The Morgan fingerprint density at radius 1 is 1.67 bits per heavy atom. The van der Waals surface area contributed by atoms with Gasteiger partial charge in [0, 0.05) is 25.6 Å². The van der Waals surface area contributed by atoms with E-state index in [0.29, 0.717) is 0 Å². The van der Waals surface area contributed by atoms with E-state index in [1.807, 2.05) is 12.2 Å². The molecule has 0 aromatic rings. The predicted octanol–water partition coefficient (Wildman–Crippen LogP) is -0.148. The molecule has 4 nitrogen and oxygen atoms in total. The number of carbonyl (C=O) groups is 1. The number of carbonyl (C=O) groups excluding carboxylic acids is 1. The third-order valence-electron chi connectivity index (χ3n) is 1.95. The van der Waals surface area contributed by atoms with Crippen molar-refractivity contribution in [2.75, 3.05) is 13.7 Å². The van der Waals surface area contributed by atoms with E-state index >= 15 is 0 Å². The van der Waals surface area contributed by atoms with Crippen LogP contribution in [0.5, 0.6) is 0 Å². The third kappa shape index (κ3) is 2.23. The second-order valence-corrected chi connectivity index (χ2v) is 2.89. The highest BCUT2D eigenvalue weighted by atomic mass is 16.3. The lowest BCUT2D eigenvalue weighted by Crippen LogP contribution is -2.39. The first-order valence-electron chi connectivity index (χ1n) is 4.03. The van der Waals surface area contributed by atoms with Crippen molar-refractivity contribution in [3.8, 4) is 0 Å². The van der Waals surface area contributed by atoms with Crippen LogP contribution in [0.2, 0.25) is 0 Å². The van der Waals surface area contributed by atoms with Crippen molar-refractivity contribution in [2.45, 2.75) is 12.5 Å². The molecule has 2 atom stereocenters. The van der Waals surface area contributed by atoms with Gasteiger partial charge in [0.2, 0.25) is 0 Å². The molecule has 0 saturated carbocycles. The summed E-state index contributed by atoms with van der Waals surface area (Å²) in [5, 5.41) is 14.0. The topological polar surface area (TPSA) is 61.4 Å². The van der Waals surface area contributed by atoms with Gasteiger partial charge in [0.25, 0.3) is 0 Å². The van der Waals surface area contributed by atoms with Gasteiger partial charge in [-0.1, -0.05) is 12.2 Å². The second kappa shape index (κ2) is 4.11. The largest absolute Gasteiger partial charge is 0.396 e. The Labute approximate surface area is 71.7 Å². The van der Waals surface area contributed by atoms with Crippen molar-refractivity contribution in [2.24, 2.45) is 5.92 Å². The lowest BCUT2D eigenvalue weighted by atomic mass is 10.1. The van der Waals surface area contributed by atoms with Crippen molar-refractivity contribution in [1.29, 1.82) is 0 Å². The van der Waals surface area contributed by atoms with Gasteiger partial charge in [-0.05, 0) is 6.42 Å². The highest BCUT2D eigenvalue weighted by Gasteiger charge is 2.18. The van der Waals surface area contributed by atoms with Gasteiger partial charge in [0.15, 0.2) is 0 Å². The lowest BCUT2D eigenvalue weighted by Gasteiger charge is -2.11. The van der Waals surface area contributed by atoms with Crippen molar-refractivity contribution < 1.29 is 9.90 Å². The van der Waals surface area contributed by atoms with Crippen LogP contribution in [0.3, 0.4) is 0 Å². The molecule has 1 aliphatic carbocycles. The first-order chi connectivity index (χ1) is 5.76. The second-order valence-electron chi connectivity index (χ2n) is 2.89. The summed E-state index contributed by atoms with van der Waals surface area (Å²) in [4.78, 5) is 10.8. The Morgan fingerprint density at radius 3 is 2.92 bits per heavy atom. The van der Waals surface area contributed by atoms with Crippen molar-refractivity contribution in [3.05, 3.63) is 12.2 Å². The van der Waals surface area contributed by atoms with Crippen LogP contribution in [0.25, 0.3) is 0 Å². The van der Waals surface area contributed by atoms with Crippen LogP contribution in [0.1, 0.15) is 6.42 Å². The van der Waals surface area contributed by atoms with E-state index in [-0.39, 0.29) is 24.6 Å². The van der Waals surface area contributed by atoms with E-state index in [2.05, 4.69) is 10.6 Å². The molecule has 0 aromatic carbocycles. The standard InChI is InChI=1S/C8H14N2O2/c1-9-8(12)10-7-3-2-6(4-7)5-11/h2-3,6-7,11H,4-5H2,1H3,(H2,9,10,12)/t6-,7+/m0/s1. The normalized spacial score (nSPS) is 27.2. The summed E-state index contributed by atoms with van der Waals surface area (Å²) in [6.07, 6.45) is 4.64. The average molecular weight is 170 g/mol. The molecule has 0 fully saturated rings. The molecule has 0 heterocycles. The molecule has 0 unspecified atom stereocenters. The summed E-state index contributed by atoms with van der Waals surface area (Å²) in [6, 6.07) is -0.106. The Hall–Kier alpha value is -1.03. The molecule has 0 aromatic heterocycles. The van der Waals surface area contributed by atoms with Crippen LogP contribution >= 0.6 is 0 Å². The number of hydrogen-bond acceptors (Lipinski definition) is 2. The molecule has 2 amide bonds. The molecule has 0 aliphatic heterocycles. The fraction of sp³-hybridized carbons (Fsp3) is 0.625. The van der Waals surface area contributed by atoms with Crippen molar-refractivity contribution >= 4 is 6.03 Å². The van der Waals surface area contributed by atoms with Crippen molar-refractivity contribution in [3.63, 3.8) is 0 Å². The fourth-order valence-electron chi connectivity index (χ4n) is 1.26. The number of rotatable bonds is 2. The summed E-state index contributed by atoms with van der Waals surface area (Å²) in [7, 11) is 1.58. The monoisotopic (exact) mass is 170 g/mol. The maximum absolute atomic E-state index is 10.8. The Kier molecular flexibility index (Phi) is 3.10. The molecule has 3 N–H and O–H groups in total. The number of urea groups is 1. The molecule has 4 heteroatoms. The Bertz CT molecular complexity index is 191. The molecule has 0 spiro atoms. The molecular formula is C8H14N2O2. The van der Waals surface area contributed by atoms with E-state index in [0.717, 1.165) is 6.42 Å². The lowest BCUT2D eigenvalue weighted by molar-refractivity contribution is 0.233. The summed E-state index contributed by atoms with van der Waals surface area (Å²) in [5.41, 5.74) is 0. The zero-order valence-electron chi connectivity index (χ0n) is 7.08. The number of aliphatic hydroxyl groups excluding tert-OH is 1. The third-order valence-corrected chi connectivity index (χ3v) is 1.95. The first-order valence-corrected chi connectivity index (χ1v) is 4.03. The van der Waals surface area contributed by atoms with E-state index in [4.69, 9.17) is 5.11 Å². The maximum atomic E-state index is 10.8. The molecule has 1 rings (SSSR count). The first kappa shape index (κ1) is 9.06. The van der Waals surface area contributed by atoms with Crippen LogP contribution < -0.4 is 10.6 Å². The van der Waals surface area contributed by atoms with Crippen molar-refractivity contribution in [1.82, 2.24) is 10.6 Å². The summed E-state index contributed by atoms with van der Waals surface area (Å²) < 4.78 is 0. The molecule has 1 aliphatic rings. The van der Waals surface area contributed by atoms with Gasteiger partial charge < -0.3 is 15.7 Å². The quantitative estimate of drug-likeness (QED) is 0.505. The van der Waals surface area contributed by atoms with Gasteiger partial charge in [-0.3, -0.25) is 0 Å². The van der Waals surface area contributed by atoms with Crippen LogP contribution in [0, 0.1) is 5.92 Å². The van der Waals surface area contributed by atoms with E-state index in [9.17, 15) is 4.79 Å². The zero-order valence-corrected chi connectivity index (χ0v) is 7.08. The molecule has 0 radical (unpaired) electrons. The predicted molar refractivity (Wildman–Crippen MR) is 45.7 cm³/mol. The van der Waals surface area contributed by atoms with E-state index < -0.39 is 0 Å². The van der Waals surface area contributed by atoms with Gasteiger partial charge in [-0.2, -0.15) is 0 Å². The molecule has 68 valence electrons. The SMILES string of the molecule is CNC(=O)N[C@@H]1C=C[C@H](CO)C1. The Balaban J connectivity index is 2.29. The molecule has 0 saturated heterocycles. The van der Waals surface area contributed by atoms with Crippen LogP contribution in [0.4, 0.5) is 4.79 Å². The minimum absolute atomic E-state index is 0.0714.